The molecule has 0 amide bonds. The molecule has 0 N–H and O–H groups in total. The second-order valence-electron chi connectivity index (χ2n) is 4.04. The predicted molar refractivity (Wildman–Crippen MR) is 55.2 cm³/mol. The van der Waals surface area contributed by atoms with Crippen LogP contribution in [-0.4, -0.2) is 18.9 Å². The Morgan fingerprint density at radius 1 is 1.38 bits per heavy atom. The molecule has 3 nitrogen and oxygen atoms in total. The lowest BCUT2D eigenvalue weighted by molar-refractivity contribution is 0.0413. The molecule has 0 radical (unpaired) electrons. The van der Waals surface area contributed by atoms with Gasteiger partial charge < -0.3 is 9.05 Å². The zero-order valence-corrected chi connectivity index (χ0v) is 10.4. The molecule has 0 heterocycles. The quantitative estimate of drug-likeness (QED) is 0.650. The van der Waals surface area contributed by atoms with Crippen LogP contribution in [0.2, 0.25) is 0 Å². The molecule has 0 aliphatic rings. The van der Waals surface area contributed by atoms with Gasteiger partial charge in [0.25, 0.3) is 0 Å². The minimum absolute atomic E-state index is 0.307. The standard InChI is InChI=1S/C9H21O3P/c1-7-11-13(6,10)12-9(4,5)8(2)3/h8H,7H2,1-6H3. The fraction of sp³-hybridized carbons (Fsp3) is 1.00. The molecule has 13 heavy (non-hydrogen) atoms. The minimum atomic E-state index is -2.87. The van der Waals surface area contributed by atoms with Gasteiger partial charge in [0.15, 0.2) is 0 Å². The zero-order valence-electron chi connectivity index (χ0n) is 9.46. The molecule has 0 aromatic carbocycles. The van der Waals surface area contributed by atoms with Gasteiger partial charge in [-0.1, -0.05) is 13.8 Å². The molecule has 0 bridgehead atoms. The van der Waals surface area contributed by atoms with Crippen LogP contribution in [0.3, 0.4) is 0 Å². The molecule has 0 aromatic heterocycles. The Hall–Kier alpha value is 0.150. The van der Waals surface area contributed by atoms with E-state index < -0.39 is 13.2 Å². The highest BCUT2D eigenvalue weighted by molar-refractivity contribution is 7.53. The Labute approximate surface area is 81.3 Å². The summed E-state index contributed by atoms with van der Waals surface area (Å²) in [5.41, 5.74) is -0.403. The van der Waals surface area contributed by atoms with Gasteiger partial charge in [-0.25, -0.2) is 0 Å². The van der Waals surface area contributed by atoms with Gasteiger partial charge in [0.05, 0.1) is 12.2 Å². The first-order valence-electron chi connectivity index (χ1n) is 4.64. The van der Waals surface area contributed by atoms with E-state index in [1.54, 1.807) is 0 Å². The molecule has 0 saturated heterocycles. The fourth-order valence-corrected chi connectivity index (χ4v) is 2.38. The van der Waals surface area contributed by atoms with E-state index in [2.05, 4.69) is 0 Å². The molecular formula is C9H21O3P. The highest BCUT2D eigenvalue weighted by Crippen LogP contribution is 2.49. The van der Waals surface area contributed by atoms with E-state index in [1.807, 2.05) is 34.6 Å². The zero-order chi connectivity index (χ0) is 10.7. The van der Waals surface area contributed by atoms with Crippen LogP contribution in [0.4, 0.5) is 0 Å². The van der Waals surface area contributed by atoms with Crippen LogP contribution in [-0.2, 0) is 13.6 Å². The first kappa shape index (κ1) is 13.2. The summed E-state index contributed by atoms with van der Waals surface area (Å²) >= 11 is 0. The molecule has 0 saturated carbocycles. The third kappa shape index (κ3) is 4.80. The second kappa shape index (κ2) is 4.59. The van der Waals surface area contributed by atoms with Crippen molar-refractivity contribution in [3.05, 3.63) is 0 Å². The van der Waals surface area contributed by atoms with Crippen molar-refractivity contribution in [2.45, 2.75) is 40.2 Å². The van der Waals surface area contributed by atoms with Crippen molar-refractivity contribution in [2.75, 3.05) is 13.3 Å². The van der Waals surface area contributed by atoms with Crippen LogP contribution in [0, 0.1) is 5.92 Å². The maximum absolute atomic E-state index is 11.7. The molecule has 0 aromatic rings. The van der Waals surface area contributed by atoms with Gasteiger partial charge in [-0.05, 0) is 26.7 Å². The van der Waals surface area contributed by atoms with Gasteiger partial charge in [0.1, 0.15) is 0 Å². The van der Waals surface area contributed by atoms with Crippen molar-refractivity contribution in [2.24, 2.45) is 5.92 Å². The van der Waals surface area contributed by atoms with E-state index in [4.69, 9.17) is 9.05 Å². The Morgan fingerprint density at radius 3 is 2.15 bits per heavy atom. The minimum Gasteiger partial charge on any atom is -0.309 e. The van der Waals surface area contributed by atoms with Crippen LogP contribution in [0.1, 0.15) is 34.6 Å². The molecule has 0 aliphatic carbocycles. The maximum atomic E-state index is 11.7. The number of rotatable bonds is 5. The van der Waals surface area contributed by atoms with Gasteiger partial charge in [-0.3, -0.25) is 4.57 Å². The molecule has 0 fully saturated rings. The van der Waals surface area contributed by atoms with E-state index in [-0.39, 0.29) is 0 Å². The van der Waals surface area contributed by atoms with Gasteiger partial charge >= 0.3 is 7.60 Å². The van der Waals surface area contributed by atoms with Crippen LogP contribution in [0.5, 0.6) is 0 Å². The summed E-state index contributed by atoms with van der Waals surface area (Å²) in [6.07, 6.45) is 0. The molecule has 1 atom stereocenters. The number of hydrogen-bond donors (Lipinski definition) is 0. The highest BCUT2D eigenvalue weighted by atomic mass is 31.2. The summed E-state index contributed by atoms with van der Waals surface area (Å²) in [6, 6.07) is 0. The number of hydrogen-bond acceptors (Lipinski definition) is 3. The highest BCUT2D eigenvalue weighted by Gasteiger charge is 2.31. The summed E-state index contributed by atoms with van der Waals surface area (Å²) < 4.78 is 22.2. The molecule has 0 rings (SSSR count). The first-order valence-corrected chi connectivity index (χ1v) is 6.63. The normalized spacial score (nSPS) is 17.5. The van der Waals surface area contributed by atoms with E-state index in [0.717, 1.165) is 0 Å². The smallest absolute Gasteiger partial charge is 0.309 e. The average Bonchev–Trinajstić information content (AvgIpc) is 1.83. The van der Waals surface area contributed by atoms with Crippen LogP contribution in [0.15, 0.2) is 0 Å². The first-order chi connectivity index (χ1) is 5.71. The lowest BCUT2D eigenvalue weighted by Crippen LogP contribution is -2.29. The Kier molecular flexibility index (Phi) is 4.64. The lowest BCUT2D eigenvalue weighted by Gasteiger charge is -2.31. The fourth-order valence-electron chi connectivity index (χ4n) is 0.794. The van der Waals surface area contributed by atoms with Crippen molar-refractivity contribution >= 4 is 7.60 Å². The van der Waals surface area contributed by atoms with Crippen molar-refractivity contribution in [1.82, 2.24) is 0 Å². The summed E-state index contributed by atoms with van der Waals surface area (Å²) in [4.78, 5) is 0. The molecule has 1 unspecified atom stereocenters. The van der Waals surface area contributed by atoms with Gasteiger partial charge in [-0.2, -0.15) is 0 Å². The predicted octanol–water partition coefficient (Wildman–Crippen LogP) is 3.30. The van der Waals surface area contributed by atoms with Crippen molar-refractivity contribution in [1.29, 1.82) is 0 Å². The lowest BCUT2D eigenvalue weighted by atomic mass is 9.95. The van der Waals surface area contributed by atoms with Gasteiger partial charge in [0.2, 0.25) is 0 Å². The SMILES string of the molecule is CCOP(C)(=O)OC(C)(C)C(C)C. The van der Waals surface area contributed by atoms with Gasteiger partial charge in [-0.15, -0.1) is 0 Å². The Bertz CT molecular complexity index is 199. The van der Waals surface area contributed by atoms with E-state index in [1.165, 1.54) is 6.66 Å². The van der Waals surface area contributed by atoms with Crippen molar-refractivity contribution in [3.63, 3.8) is 0 Å². The van der Waals surface area contributed by atoms with E-state index in [0.29, 0.717) is 12.5 Å². The molecule has 4 heteroatoms. The summed E-state index contributed by atoms with van der Waals surface area (Å²) in [5.74, 6) is 0.307. The Balaban J connectivity index is 4.33. The molecule has 80 valence electrons. The average molecular weight is 208 g/mol. The van der Waals surface area contributed by atoms with E-state index >= 15 is 0 Å². The monoisotopic (exact) mass is 208 g/mol. The van der Waals surface area contributed by atoms with Gasteiger partial charge in [0, 0.05) is 6.66 Å². The third-order valence-electron chi connectivity index (χ3n) is 2.16. The van der Waals surface area contributed by atoms with Crippen molar-refractivity contribution in [3.8, 4) is 0 Å². The topological polar surface area (TPSA) is 35.5 Å². The summed E-state index contributed by atoms with van der Waals surface area (Å²) in [7, 11) is -2.87. The molecule has 0 spiro atoms. The largest absolute Gasteiger partial charge is 0.328 e. The van der Waals surface area contributed by atoms with E-state index in [9.17, 15) is 4.57 Å². The maximum Gasteiger partial charge on any atom is 0.328 e. The van der Waals surface area contributed by atoms with Crippen LogP contribution < -0.4 is 0 Å². The van der Waals surface area contributed by atoms with Crippen LogP contribution in [0.25, 0.3) is 0 Å². The van der Waals surface area contributed by atoms with Crippen LogP contribution >= 0.6 is 7.60 Å². The molecule has 0 aliphatic heterocycles. The molecular weight excluding hydrogens is 187 g/mol. The third-order valence-corrected chi connectivity index (χ3v) is 3.68. The summed E-state index contributed by atoms with van der Waals surface area (Å²) in [5, 5.41) is 0. The Morgan fingerprint density at radius 2 is 1.85 bits per heavy atom. The van der Waals surface area contributed by atoms with Crippen molar-refractivity contribution < 1.29 is 13.6 Å². The summed E-state index contributed by atoms with van der Waals surface area (Å²) in [6.45, 7) is 11.7. The second-order valence-corrected chi connectivity index (χ2v) is 6.02.